The van der Waals surface area contributed by atoms with Gasteiger partial charge in [-0.25, -0.2) is 4.79 Å². The topological polar surface area (TPSA) is 106 Å². The van der Waals surface area contributed by atoms with Crippen molar-refractivity contribution in [2.45, 2.75) is 64.8 Å². The van der Waals surface area contributed by atoms with Gasteiger partial charge in [0.15, 0.2) is 0 Å². The summed E-state index contributed by atoms with van der Waals surface area (Å²) in [4.78, 5) is 23.1. The molecule has 0 radical (unpaired) electrons. The average Bonchev–Trinajstić information content (AvgIpc) is 3.13. The number of carbonyl (C=O) groups is 1. The second kappa shape index (κ2) is 9.34. The van der Waals surface area contributed by atoms with E-state index in [4.69, 9.17) is 4.74 Å². The van der Waals surface area contributed by atoms with Crippen LogP contribution in [0.25, 0.3) is 0 Å². The third-order valence-corrected chi connectivity index (χ3v) is 4.52. The number of ether oxygens (including phenoxy) is 1. The van der Waals surface area contributed by atoms with Crippen molar-refractivity contribution in [2.24, 2.45) is 10.2 Å². The molecule has 1 aromatic carbocycles. The maximum Gasteiger partial charge on any atom is 0.408 e. The summed E-state index contributed by atoms with van der Waals surface area (Å²) in [6, 6.07) is 6.88. The predicted octanol–water partition coefficient (Wildman–Crippen LogP) is 6.21. The van der Waals surface area contributed by atoms with E-state index < -0.39 is 34.2 Å². The fraction of sp³-hybridized carbons (Fsp3) is 0.476. The lowest BCUT2D eigenvalue weighted by molar-refractivity contribution is -0.384. The first kappa shape index (κ1) is 23.5. The Morgan fingerprint density at radius 2 is 1.73 bits per heavy atom. The van der Waals surface area contributed by atoms with Crippen LogP contribution in [-0.2, 0) is 4.74 Å². The van der Waals surface area contributed by atoms with Gasteiger partial charge in [0.25, 0.3) is 5.69 Å². The van der Waals surface area contributed by atoms with E-state index in [1.807, 2.05) is 37.6 Å². The second-order valence-electron chi connectivity index (χ2n) is 8.86. The molecule has 0 aliphatic heterocycles. The van der Waals surface area contributed by atoms with Crippen molar-refractivity contribution in [1.29, 1.82) is 0 Å². The summed E-state index contributed by atoms with van der Waals surface area (Å²) < 4.78 is 5.44. The summed E-state index contributed by atoms with van der Waals surface area (Å²) in [6.45, 7) is 11.1. The molecule has 2 aromatic rings. The Balaban J connectivity index is 2.47. The SMILES string of the molecule is CC(C)(C)N=N[C@@H](c1ccc([N+](=O)[O-])cc1)[C@H](NC(=O)OC(C)(C)C)c1ccsc1. The number of azo groups is 1. The number of rotatable bonds is 6. The molecule has 30 heavy (non-hydrogen) atoms. The number of hydrogen-bond acceptors (Lipinski definition) is 7. The minimum atomic E-state index is -0.654. The highest BCUT2D eigenvalue weighted by Crippen LogP contribution is 2.35. The van der Waals surface area contributed by atoms with Crippen molar-refractivity contribution >= 4 is 23.1 Å². The lowest BCUT2D eigenvalue weighted by atomic mass is 9.95. The number of nitrogens with one attached hydrogen (secondary N) is 1. The minimum Gasteiger partial charge on any atom is -0.444 e. The van der Waals surface area contributed by atoms with Gasteiger partial charge in [0, 0.05) is 12.1 Å². The zero-order valence-corrected chi connectivity index (χ0v) is 18.9. The molecule has 1 aromatic heterocycles. The molecule has 9 heteroatoms. The lowest BCUT2D eigenvalue weighted by Crippen LogP contribution is -2.37. The molecule has 0 saturated heterocycles. The quantitative estimate of drug-likeness (QED) is 0.332. The standard InChI is InChI=1S/C21H28N4O4S/c1-20(2,3)24-23-18(14-7-9-16(10-8-14)25(27)28)17(15-11-12-30-13-15)22-19(26)29-21(4,5)6/h7-13,17-18H,1-6H3,(H,22,26)/t17-,18+/m1/s1. The normalized spacial score (nSPS) is 14.3. The van der Waals surface area contributed by atoms with Gasteiger partial charge in [0.1, 0.15) is 11.6 Å². The highest BCUT2D eigenvalue weighted by molar-refractivity contribution is 7.08. The maximum atomic E-state index is 12.6. The summed E-state index contributed by atoms with van der Waals surface area (Å²) in [7, 11) is 0. The van der Waals surface area contributed by atoms with E-state index in [1.165, 1.54) is 23.5 Å². The smallest absolute Gasteiger partial charge is 0.408 e. The number of carbonyl (C=O) groups excluding carboxylic acids is 1. The van der Waals surface area contributed by atoms with Crippen LogP contribution in [0.4, 0.5) is 10.5 Å². The van der Waals surface area contributed by atoms with Crippen molar-refractivity contribution in [2.75, 3.05) is 0 Å². The average molecular weight is 433 g/mol. The van der Waals surface area contributed by atoms with Crippen LogP contribution in [0.15, 0.2) is 51.3 Å². The first-order valence-electron chi connectivity index (χ1n) is 9.54. The van der Waals surface area contributed by atoms with Crippen LogP contribution < -0.4 is 5.32 Å². The number of benzene rings is 1. The Bertz CT molecular complexity index is 881. The summed E-state index contributed by atoms with van der Waals surface area (Å²) >= 11 is 1.50. The molecule has 0 bridgehead atoms. The molecule has 1 amide bonds. The molecule has 0 saturated carbocycles. The highest BCUT2D eigenvalue weighted by atomic mass is 32.1. The van der Waals surface area contributed by atoms with E-state index in [1.54, 1.807) is 32.9 Å². The molecule has 1 heterocycles. The predicted molar refractivity (Wildman–Crippen MR) is 117 cm³/mol. The number of amides is 1. The fourth-order valence-electron chi connectivity index (χ4n) is 2.59. The van der Waals surface area contributed by atoms with Gasteiger partial charge in [0.05, 0.1) is 16.5 Å². The molecular weight excluding hydrogens is 404 g/mol. The minimum absolute atomic E-state index is 0.0163. The van der Waals surface area contributed by atoms with Crippen LogP contribution in [0, 0.1) is 10.1 Å². The van der Waals surface area contributed by atoms with E-state index in [9.17, 15) is 14.9 Å². The Kier molecular flexibility index (Phi) is 7.30. The Morgan fingerprint density at radius 1 is 1.10 bits per heavy atom. The highest BCUT2D eigenvalue weighted by Gasteiger charge is 2.30. The third kappa shape index (κ3) is 7.22. The Labute approximate surface area is 180 Å². The lowest BCUT2D eigenvalue weighted by Gasteiger charge is -2.27. The van der Waals surface area contributed by atoms with Crippen LogP contribution in [0.2, 0.25) is 0 Å². The zero-order valence-electron chi connectivity index (χ0n) is 18.1. The Hall–Kier alpha value is -2.81. The number of nitrogens with zero attached hydrogens (tertiary/aromatic N) is 3. The van der Waals surface area contributed by atoms with E-state index in [0.717, 1.165) is 5.56 Å². The molecule has 0 aliphatic carbocycles. The summed E-state index contributed by atoms with van der Waals surface area (Å²) in [5.74, 6) is 0. The Morgan fingerprint density at radius 3 is 2.20 bits per heavy atom. The largest absolute Gasteiger partial charge is 0.444 e. The molecule has 0 unspecified atom stereocenters. The number of alkyl carbamates (subject to hydrolysis) is 1. The van der Waals surface area contributed by atoms with Gasteiger partial charge in [-0.2, -0.15) is 21.6 Å². The fourth-order valence-corrected chi connectivity index (χ4v) is 3.28. The van der Waals surface area contributed by atoms with E-state index in [0.29, 0.717) is 5.56 Å². The van der Waals surface area contributed by atoms with Gasteiger partial charge in [-0.3, -0.25) is 10.1 Å². The number of nitro groups is 1. The summed E-state index contributed by atoms with van der Waals surface area (Å²) in [6.07, 6.45) is -0.573. The van der Waals surface area contributed by atoms with E-state index in [2.05, 4.69) is 15.5 Å². The molecule has 0 aliphatic rings. The molecular formula is C21H28N4O4S. The van der Waals surface area contributed by atoms with Gasteiger partial charge < -0.3 is 10.1 Å². The van der Waals surface area contributed by atoms with Crippen LogP contribution in [-0.4, -0.2) is 22.2 Å². The van der Waals surface area contributed by atoms with Gasteiger partial charge in [-0.05, 0) is 81.6 Å². The maximum absolute atomic E-state index is 12.6. The second-order valence-corrected chi connectivity index (χ2v) is 9.64. The zero-order chi connectivity index (χ0) is 22.5. The van der Waals surface area contributed by atoms with Crippen LogP contribution in [0.1, 0.15) is 64.8 Å². The first-order valence-corrected chi connectivity index (χ1v) is 10.5. The first-order chi connectivity index (χ1) is 13.9. The van der Waals surface area contributed by atoms with Crippen LogP contribution >= 0.6 is 11.3 Å². The van der Waals surface area contributed by atoms with Gasteiger partial charge >= 0.3 is 6.09 Å². The van der Waals surface area contributed by atoms with Crippen molar-refractivity contribution in [3.05, 3.63) is 62.3 Å². The van der Waals surface area contributed by atoms with Gasteiger partial charge in [-0.15, -0.1) is 0 Å². The molecule has 8 nitrogen and oxygen atoms in total. The van der Waals surface area contributed by atoms with Crippen molar-refractivity contribution in [3.8, 4) is 0 Å². The number of hydrogen-bond donors (Lipinski definition) is 1. The molecule has 162 valence electrons. The summed E-state index contributed by atoms with van der Waals surface area (Å²) in [5, 5.41) is 26.7. The van der Waals surface area contributed by atoms with Crippen molar-refractivity contribution in [1.82, 2.24) is 5.32 Å². The molecule has 2 atom stereocenters. The third-order valence-electron chi connectivity index (χ3n) is 3.82. The van der Waals surface area contributed by atoms with Gasteiger partial charge in [0.2, 0.25) is 0 Å². The van der Waals surface area contributed by atoms with Gasteiger partial charge in [-0.1, -0.05) is 0 Å². The molecule has 0 spiro atoms. The van der Waals surface area contributed by atoms with E-state index >= 15 is 0 Å². The van der Waals surface area contributed by atoms with Crippen LogP contribution in [0.5, 0.6) is 0 Å². The number of non-ortho nitro benzene ring substituents is 1. The van der Waals surface area contributed by atoms with E-state index in [-0.39, 0.29) is 5.69 Å². The molecule has 1 N–H and O–H groups in total. The van der Waals surface area contributed by atoms with Crippen LogP contribution in [0.3, 0.4) is 0 Å². The summed E-state index contributed by atoms with van der Waals surface area (Å²) in [5.41, 5.74) is 0.448. The van der Waals surface area contributed by atoms with Crippen molar-refractivity contribution < 1.29 is 14.5 Å². The van der Waals surface area contributed by atoms with Crippen molar-refractivity contribution in [3.63, 3.8) is 0 Å². The number of thiophene rings is 1. The monoisotopic (exact) mass is 432 g/mol. The number of nitro benzene ring substituents is 1. The molecule has 0 fully saturated rings. The molecule has 2 rings (SSSR count).